The maximum atomic E-state index is 12.0. The molecule has 11 nitrogen and oxygen atoms in total. The molecule has 146 valence electrons. The Balaban J connectivity index is 2.02. The van der Waals surface area contributed by atoms with Crippen molar-refractivity contribution in [1.82, 2.24) is 0 Å². The molecule has 0 spiro atoms. The van der Waals surface area contributed by atoms with Crippen LogP contribution in [0.5, 0.6) is 0 Å². The maximum absolute atomic E-state index is 12.0. The molecule has 0 aliphatic heterocycles. The number of rotatable bonds is 7. The highest BCUT2D eigenvalue weighted by atomic mass is 35.5. The number of nitrogens with zero attached hydrogens (tertiary/aromatic N) is 2. The summed E-state index contributed by atoms with van der Waals surface area (Å²) in [6.45, 7) is -0.698. The minimum Gasteiger partial charge on any atom is -0.452 e. The summed E-state index contributed by atoms with van der Waals surface area (Å²) in [5.41, 5.74) is -0.529. The van der Waals surface area contributed by atoms with E-state index in [1.807, 2.05) is 0 Å². The van der Waals surface area contributed by atoms with Crippen LogP contribution in [0, 0.1) is 20.2 Å². The number of carbonyl (C=O) groups excluding carboxylic acids is 2. The molecular formula is C16H13ClN4O7. The van der Waals surface area contributed by atoms with Crippen molar-refractivity contribution in [2.75, 3.05) is 24.3 Å². The number of ether oxygens (including phenoxy) is 1. The van der Waals surface area contributed by atoms with Crippen molar-refractivity contribution in [3.05, 3.63) is 67.2 Å². The maximum Gasteiger partial charge on any atom is 0.338 e. The van der Waals surface area contributed by atoms with Gasteiger partial charge in [-0.25, -0.2) is 4.79 Å². The van der Waals surface area contributed by atoms with Gasteiger partial charge in [0.1, 0.15) is 10.7 Å². The van der Waals surface area contributed by atoms with E-state index in [1.54, 1.807) is 0 Å². The van der Waals surface area contributed by atoms with Crippen LogP contribution in [-0.2, 0) is 9.53 Å². The van der Waals surface area contributed by atoms with Gasteiger partial charge in [-0.1, -0.05) is 11.6 Å². The number of carbonyl (C=O) groups is 2. The molecule has 0 fully saturated rings. The van der Waals surface area contributed by atoms with E-state index in [1.165, 1.54) is 31.3 Å². The first-order chi connectivity index (χ1) is 13.2. The van der Waals surface area contributed by atoms with Crippen molar-refractivity contribution < 1.29 is 24.2 Å². The molecular weight excluding hydrogens is 396 g/mol. The summed E-state index contributed by atoms with van der Waals surface area (Å²) in [6, 6.07) is 7.30. The van der Waals surface area contributed by atoms with Crippen molar-refractivity contribution in [3.63, 3.8) is 0 Å². The molecule has 28 heavy (non-hydrogen) atoms. The first-order valence-electron chi connectivity index (χ1n) is 7.60. The number of anilines is 2. The summed E-state index contributed by atoms with van der Waals surface area (Å²) in [5, 5.41) is 26.7. The summed E-state index contributed by atoms with van der Waals surface area (Å²) in [7, 11) is 1.49. The number of hydrogen-bond donors (Lipinski definition) is 2. The second kappa shape index (κ2) is 8.77. The molecule has 2 rings (SSSR count). The van der Waals surface area contributed by atoms with Gasteiger partial charge in [0.15, 0.2) is 6.61 Å². The predicted octanol–water partition coefficient (Wildman–Crippen LogP) is 2.99. The van der Waals surface area contributed by atoms with Crippen LogP contribution in [0.15, 0.2) is 36.4 Å². The molecule has 2 N–H and O–H groups in total. The van der Waals surface area contributed by atoms with Gasteiger partial charge in [-0.05, 0) is 24.3 Å². The zero-order valence-corrected chi connectivity index (χ0v) is 15.1. The van der Waals surface area contributed by atoms with E-state index in [-0.39, 0.29) is 27.6 Å². The van der Waals surface area contributed by atoms with E-state index in [4.69, 9.17) is 16.3 Å². The highest BCUT2D eigenvalue weighted by molar-refractivity contribution is 6.32. The summed E-state index contributed by atoms with van der Waals surface area (Å²) >= 11 is 5.68. The molecule has 0 aliphatic carbocycles. The lowest BCUT2D eigenvalue weighted by Gasteiger charge is -2.08. The molecule has 0 bridgehead atoms. The van der Waals surface area contributed by atoms with E-state index in [2.05, 4.69) is 10.6 Å². The number of amides is 1. The fourth-order valence-corrected chi connectivity index (χ4v) is 2.35. The van der Waals surface area contributed by atoms with E-state index >= 15 is 0 Å². The molecule has 0 saturated carbocycles. The van der Waals surface area contributed by atoms with Gasteiger partial charge in [0.2, 0.25) is 0 Å². The average molecular weight is 409 g/mol. The Hall–Kier alpha value is -3.73. The minimum atomic E-state index is -0.942. The smallest absolute Gasteiger partial charge is 0.338 e. The van der Waals surface area contributed by atoms with Gasteiger partial charge in [-0.15, -0.1) is 0 Å². The molecule has 0 saturated heterocycles. The van der Waals surface area contributed by atoms with Crippen LogP contribution in [0.2, 0.25) is 5.02 Å². The summed E-state index contributed by atoms with van der Waals surface area (Å²) in [6.07, 6.45) is 0. The molecule has 1 amide bonds. The molecule has 0 atom stereocenters. The van der Waals surface area contributed by atoms with Crippen LogP contribution >= 0.6 is 11.6 Å². The minimum absolute atomic E-state index is 0.0890. The fourth-order valence-electron chi connectivity index (χ4n) is 2.16. The second-order valence-corrected chi connectivity index (χ2v) is 5.69. The van der Waals surface area contributed by atoms with Crippen LogP contribution in [0.3, 0.4) is 0 Å². The molecule has 0 radical (unpaired) electrons. The number of nitrogens with one attached hydrogen (secondary N) is 2. The van der Waals surface area contributed by atoms with Gasteiger partial charge >= 0.3 is 5.97 Å². The molecule has 2 aromatic rings. The number of halogens is 1. The Morgan fingerprint density at radius 3 is 2.36 bits per heavy atom. The van der Waals surface area contributed by atoms with Crippen molar-refractivity contribution in [1.29, 1.82) is 0 Å². The number of nitro groups is 2. The van der Waals surface area contributed by atoms with Crippen molar-refractivity contribution in [2.45, 2.75) is 0 Å². The monoisotopic (exact) mass is 408 g/mol. The Morgan fingerprint density at radius 2 is 1.75 bits per heavy atom. The topological polar surface area (TPSA) is 154 Å². The fraction of sp³-hybridized carbons (Fsp3) is 0.125. The summed E-state index contributed by atoms with van der Waals surface area (Å²) < 4.78 is 4.82. The molecule has 0 aromatic heterocycles. The zero-order chi connectivity index (χ0) is 20.8. The van der Waals surface area contributed by atoms with Crippen LogP contribution in [-0.4, -0.2) is 35.4 Å². The van der Waals surface area contributed by atoms with Crippen LogP contribution in [0.1, 0.15) is 10.4 Å². The lowest BCUT2D eigenvalue weighted by molar-refractivity contribution is -0.384. The molecule has 0 heterocycles. The Kier molecular flexibility index (Phi) is 6.45. The van der Waals surface area contributed by atoms with Crippen molar-refractivity contribution in [2.24, 2.45) is 0 Å². The van der Waals surface area contributed by atoms with Gasteiger partial charge in [0.25, 0.3) is 17.3 Å². The largest absolute Gasteiger partial charge is 0.452 e. The zero-order valence-electron chi connectivity index (χ0n) is 14.3. The van der Waals surface area contributed by atoms with Crippen LogP contribution in [0.4, 0.5) is 22.7 Å². The normalized spacial score (nSPS) is 10.1. The van der Waals surface area contributed by atoms with E-state index in [0.717, 1.165) is 12.1 Å². The molecule has 12 heteroatoms. The van der Waals surface area contributed by atoms with Gasteiger partial charge in [-0.2, -0.15) is 0 Å². The van der Waals surface area contributed by atoms with Crippen molar-refractivity contribution >= 4 is 46.2 Å². The van der Waals surface area contributed by atoms with Crippen molar-refractivity contribution in [3.8, 4) is 0 Å². The van der Waals surface area contributed by atoms with Crippen LogP contribution < -0.4 is 10.6 Å². The first-order valence-corrected chi connectivity index (χ1v) is 7.98. The standard InChI is InChI=1S/C16H13ClN4O7/c1-18-12-5-2-9(6-14(12)21(26)27)16(23)28-8-15(22)19-10-3-4-11(17)13(7-10)20(24)25/h2-7,18H,8H2,1H3,(H,19,22). The highest BCUT2D eigenvalue weighted by Crippen LogP contribution is 2.27. The van der Waals surface area contributed by atoms with Crippen LogP contribution in [0.25, 0.3) is 0 Å². The molecule has 0 aliphatic rings. The van der Waals surface area contributed by atoms with E-state index in [9.17, 15) is 29.8 Å². The first kappa shape index (κ1) is 20.6. The lowest BCUT2D eigenvalue weighted by atomic mass is 10.1. The number of hydrogen-bond acceptors (Lipinski definition) is 8. The summed E-state index contributed by atoms with van der Waals surface area (Å²) in [4.78, 5) is 44.4. The summed E-state index contributed by atoms with van der Waals surface area (Å²) in [5.74, 6) is -1.70. The van der Waals surface area contributed by atoms with E-state index < -0.39 is 34.0 Å². The van der Waals surface area contributed by atoms with E-state index in [0.29, 0.717) is 0 Å². The van der Waals surface area contributed by atoms with Gasteiger partial charge in [0.05, 0.1) is 15.4 Å². The lowest BCUT2D eigenvalue weighted by Crippen LogP contribution is -2.21. The molecule has 2 aromatic carbocycles. The van der Waals surface area contributed by atoms with Gasteiger partial charge < -0.3 is 15.4 Å². The third-order valence-electron chi connectivity index (χ3n) is 3.46. The average Bonchev–Trinajstić information content (AvgIpc) is 2.66. The molecule has 0 unspecified atom stereocenters. The predicted molar refractivity (Wildman–Crippen MR) is 99.7 cm³/mol. The highest BCUT2D eigenvalue weighted by Gasteiger charge is 2.19. The third kappa shape index (κ3) is 4.92. The number of nitro benzene ring substituents is 2. The Labute approximate surface area is 162 Å². The Bertz CT molecular complexity index is 964. The Morgan fingerprint density at radius 1 is 1.07 bits per heavy atom. The second-order valence-electron chi connectivity index (χ2n) is 5.29. The number of esters is 1. The van der Waals surface area contributed by atoms with Gasteiger partial charge in [-0.3, -0.25) is 25.0 Å². The third-order valence-corrected chi connectivity index (χ3v) is 3.78. The number of benzene rings is 2. The van der Waals surface area contributed by atoms with Gasteiger partial charge in [0, 0.05) is 24.9 Å². The quantitative estimate of drug-likeness (QED) is 0.402. The SMILES string of the molecule is CNc1ccc(C(=O)OCC(=O)Nc2ccc(Cl)c([N+](=O)[O-])c2)cc1[N+](=O)[O-].